The largest absolute Gasteiger partial charge is 0.396 e. The zero-order chi connectivity index (χ0) is 16.8. The lowest BCUT2D eigenvalue weighted by atomic mass is 9.95. The second kappa shape index (κ2) is 8.48. The first kappa shape index (κ1) is 18.0. The number of aliphatic hydroxyl groups is 1. The monoisotopic (exact) mass is 322 g/mol. The molecule has 0 aromatic carbocycles. The Morgan fingerprint density at radius 1 is 1.22 bits per heavy atom. The van der Waals surface area contributed by atoms with Crippen LogP contribution in [-0.4, -0.2) is 47.6 Å². The van der Waals surface area contributed by atoms with E-state index in [-0.39, 0.29) is 24.3 Å². The van der Waals surface area contributed by atoms with Crippen LogP contribution < -0.4 is 5.32 Å². The van der Waals surface area contributed by atoms with Crippen LogP contribution in [0.25, 0.3) is 0 Å². The molecule has 1 aliphatic heterocycles. The van der Waals surface area contributed by atoms with Crippen molar-refractivity contribution in [3.63, 3.8) is 0 Å². The molecule has 5 heteroatoms. The van der Waals surface area contributed by atoms with Crippen LogP contribution in [0.5, 0.6) is 0 Å². The highest BCUT2D eigenvalue weighted by Crippen LogP contribution is 2.21. The van der Waals surface area contributed by atoms with Crippen LogP contribution in [0.4, 0.5) is 0 Å². The second-order valence-corrected chi connectivity index (χ2v) is 7.28. The van der Waals surface area contributed by atoms with Crippen LogP contribution in [0.1, 0.15) is 46.0 Å². The number of amides is 2. The molecule has 1 heterocycles. The van der Waals surface area contributed by atoms with E-state index in [9.17, 15) is 14.7 Å². The van der Waals surface area contributed by atoms with Gasteiger partial charge in [0.05, 0.1) is 0 Å². The Morgan fingerprint density at radius 2 is 1.83 bits per heavy atom. The summed E-state index contributed by atoms with van der Waals surface area (Å²) in [6.45, 7) is 5.70. The third-order valence-electron chi connectivity index (χ3n) is 4.88. The fraction of sp³-hybridized carbons (Fsp3) is 0.778. The lowest BCUT2D eigenvalue weighted by Gasteiger charge is -2.34. The number of hydrogen-bond donors (Lipinski definition) is 2. The van der Waals surface area contributed by atoms with Gasteiger partial charge in [0.1, 0.15) is 6.04 Å². The number of rotatable bonds is 6. The van der Waals surface area contributed by atoms with E-state index in [1.165, 1.54) is 0 Å². The topological polar surface area (TPSA) is 69.6 Å². The molecule has 1 aliphatic carbocycles. The quantitative estimate of drug-likeness (QED) is 0.732. The Kier molecular flexibility index (Phi) is 6.63. The maximum atomic E-state index is 12.8. The number of nitrogens with one attached hydrogen (secondary N) is 1. The van der Waals surface area contributed by atoms with Crippen LogP contribution in [0, 0.1) is 17.8 Å². The highest BCUT2D eigenvalue weighted by molar-refractivity contribution is 5.88. The molecule has 2 amide bonds. The van der Waals surface area contributed by atoms with Crippen molar-refractivity contribution in [2.75, 3.05) is 19.7 Å². The molecular weight excluding hydrogens is 292 g/mol. The summed E-state index contributed by atoms with van der Waals surface area (Å²) >= 11 is 0. The SMILES string of the molecule is CC(C)CC(NC(=O)C1CC=CC1)C(=O)N1CCC(CO)CC1. The zero-order valence-corrected chi connectivity index (χ0v) is 14.3. The number of carbonyl (C=O) groups is 2. The first-order valence-electron chi connectivity index (χ1n) is 8.86. The van der Waals surface area contributed by atoms with Crippen molar-refractivity contribution in [1.82, 2.24) is 10.2 Å². The number of likely N-dealkylation sites (tertiary alicyclic amines) is 1. The van der Waals surface area contributed by atoms with Crippen LogP contribution in [0.15, 0.2) is 12.2 Å². The van der Waals surface area contributed by atoms with Crippen molar-refractivity contribution in [1.29, 1.82) is 0 Å². The first-order valence-corrected chi connectivity index (χ1v) is 8.86. The second-order valence-electron chi connectivity index (χ2n) is 7.28. The fourth-order valence-electron chi connectivity index (χ4n) is 3.37. The van der Waals surface area contributed by atoms with Crippen LogP contribution >= 0.6 is 0 Å². The van der Waals surface area contributed by atoms with Gasteiger partial charge in [-0.2, -0.15) is 0 Å². The van der Waals surface area contributed by atoms with Crippen molar-refractivity contribution in [3.05, 3.63) is 12.2 Å². The van der Waals surface area contributed by atoms with Crippen molar-refractivity contribution < 1.29 is 14.7 Å². The molecule has 130 valence electrons. The molecule has 2 N–H and O–H groups in total. The van der Waals surface area contributed by atoms with Gasteiger partial charge < -0.3 is 15.3 Å². The lowest BCUT2D eigenvalue weighted by molar-refractivity contribution is -0.139. The summed E-state index contributed by atoms with van der Waals surface area (Å²) in [4.78, 5) is 27.0. The summed E-state index contributed by atoms with van der Waals surface area (Å²) < 4.78 is 0. The average Bonchev–Trinajstić information content (AvgIpc) is 3.07. The number of nitrogens with zero attached hydrogens (tertiary/aromatic N) is 1. The molecule has 5 nitrogen and oxygen atoms in total. The minimum absolute atomic E-state index is 0.000700. The van der Waals surface area contributed by atoms with Crippen LogP contribution in [-0.2, 0) is 9.59 Å². The predicted octanol–water partition coefficient (Wildman–Crippen LogP) is 1.71. The Morgan fingerprint density at radius 3 is 2.35 bits per heavy atom. The molecule has 2 rings (SSSR count). The smallest absolute Gasteiger partial charge is 0.245 e. The maximum absolute atomic E-state index is 12.8. The van der Waals surface area contributed by atoms with Gasteiger partial charge in [-0.1, -0.05) is 26.0 Å². The summed E-state index contributed by atoms with van der Waals surface area (Å²) in [5.41, 5.74) is 0. The van der Waals surface area contributed by atoms with Crippen LogP contribution in [0.3, 0.4) is 0 Å². The number of hydrogen-bond acceptors (Lipinski definition) is 3. The van der Waals surface area contributed by atoms with Gasteiger partial charge in [0.25, 0.3) is 0 Å². The Balaban J connectivity index is 1.93. The van der Waals surface area contributed by atoms with E-state index in [1.807, 2.05) is 17.1 Å². The van der Waals surface area contributed by atoms with E-state index in [0.29, 0.717) is 31.3 Å². The Hall–Kier alpha value is -1.36. The van der Waals surface area contributed by atoms with Crippen molar-refractivity contribution >= 4 is 11.8 Å². The molecule has 23 heavy (non-hydrogen) atoms. The molecule has 0 spiro atoms. The van der Waals surface area contributed by atoms with Crippen LogP contribution in [0.2, 0.25) is 0 Å². The number of carbonyl (C=O) groups excluding carboxylic acids is 2. The van der Waals surface area contributed by atoms with E-state index in [4.69, 9.17) is 0 Å². The van der Waals surface area contributed by atoms with Gasteiger partial charge in [-0.05, 0) is 43.9 Å². The molecule has 2 aliphatic rings. The van der Waals surface area contributed by atoms with Gasteiger partial charge in [-0.3, -0.25) is 9.59 Å². The molecule has 0 radical (unpaired) electrons. The van der Waals surface area contributed by atoms with Crippen molar-refractivity contribution in [3.8, 4) is 0 Å². The molecule has 0 bridgehead atoms. The highest BCUT2D eigenvalue weighted by Gasteiger charge is 2.31. The molecule has 1 atom stereocenters. The molecular formula is C18H30N2O3. The lowest BCUT2D eigenvalue weighted by Crippen LogP contribution is -2.52. The first-order chi connectivity index (χ1) is 11.0. The zero-order valence-electron chi connectivity index (χ0n) is 14.3. The van der Waals surface area contributed by atoms with Crippen molar-refractivity contribution in [2.24, 2.45) is 17.8 Å². The maximum Gasteiger partial charge on any atom is 0.245 e. The van der Waals surface area contributed by atoms with E-state index in [2.05, 4.69) is 19.2 Å². The molecule has 1 unspecified atom stereocenters. The third kappa shape index (κ3) is 5.06. The highest BCUT2D eigenvalue weighted by atomic mass is 16.3. The molecule has 1 fully saturated rings. The minimum Gasteiger partial charge on any atom is -0.396 e. The van der Waals surface area contributed by atoms with E-state index < -0.39 is 6.04 Å². The molecule has 0 aromatic rings. The standard InChI is InChI=1S/C18H30N2O3/c1-13(2)11-16(19-17(22)15-5-3-4-6-15)18(23)20-9-7-14(12-21)8-10-20/h3-4,13-16,21H,5-12H2,1-2H3,(H,19,22). The number of piperidine rings is 1. The summed E-state index contributed by atoms with van der Waals surface area (Å²) in [5.74, 6) is 0.675. The Labute approximate surface area is 139 Å². The minimum atomic E-state index is -0.422. The van der Waals surface area contributed by atoms with Gasteiger partial charge in [-0.15, -0.1) is 0 Å². The third-order valence-corrected chi connectivity index (χ3v) is 4.88. The van der Waals surface area contributed by atoms with E-state index in [0.717, 1.165) is 25.7 Å². The summed E-state index contributed by atoms with van der Waals surface area (Å²) in [5, 5.41) is 12.2. The van der Waals surface area contributed by atoms with Crippen molar-refractivity contribution in [2.45, 2.75) is 52.0 Å². The van der Waals surface area contributed by atoms with Gasteiger partial charge in [-0.25, -0.2) is 0 Å². The molecule has 0 saturated carbocycles. The number of allylic oxidation sites excluding steroid dienone is 2. The van der Waals surface area contributed by atoms with Gasteiger partial charge >= 0.3 is 0 Å². The van der Waals surface area contributed by atoms with Gasteiger partial charge in [0, 0.05) is 25.6 Å². The molecule has 0 aromatic heterocycles. The van der Waals surface area contributed by atoms with Gasteiger partial charge in [0.2, 0.25) is 11.8 Å². The van der Waals surface area contributed by atoms with E-state index in [1.54, 1.807) is 0 Å². The van der Waals surface area contributed by atoms with E-state index >= 15 is 0 Å². The number of aliphatic hydroxyl groups excluding tert-OH is 1. The normalized spacial score (nSPS) is 21.0. The summed E-state index contributed by atoms with van der Waals surface area (Å²) in [6.07, 6.45) is 7.97. The summed E-state index contributed by atoms with van der Waals surface area (Å²) in [6, 6.07) is -0.422. The van der Waals surface area contributed by atoms with Gasteiger partial charge in [0.15, 0.2) is 0 Å². The predicted molar refractivity (Wildman–Crippen MR) is 89.6 cm³/mol. The molecule has 1 saturated heterocycles. The average molecular weight is 322 g/mol. The summed E-state index contributed by atoms with van der Waals surface area (Å²) in [7, 11) is 0. The Bertz CT molecular complexity index is 432. The fourth-order valence-corrected chi connectivity index (χ4v) is 3.37.